The number of esters is 2. The van der Waals surface area contributed by atoms with Crippen molar-refractivity contribution >= 4 is 145 Å². The van der Waals surface area contributed by atoms with Crippen molar-refractivity contribution in [2.24, 2.45) is 20.6 Å². The molecule has 29 nitrogen and oxygen atoms in total. The SMILES string of the molecule is CC(C)(O)c1cccc(Oc2ccc(NC(=O)Cc3ccccc3Cl)cc2S(N)(=O)=O)c1.COC(=O)c1ccc(Oc2ccc(NC(=O)Cc3ccccc3Cl)cc2S(N)(=O)=O)cc1.COC(=O)c1ccccc1Oc1ccc(NC(=O)Cc2ccccc2Cl)cc1S(N)(=O)=O.Cc1cc(NC(=O)Cc2ccccc2)cc(S(N)(=O)=O)c1Oc1cccc(Cl)c1. The van der Waals surface area contributed by atoms with Gasteiger partial charge in [-0.05, 0) is 206 Å². The first-order valence-electron chi connectivity index (χ1n) is 36.8. The number of para-hydroxylation sites is 1. The van der Waals surface area contributed by atoms with E-state index in [1.807, 2.05) is 30.3 Å². The Hall–Kier alpha value is -12.6. The number of amides is 4. The molecule has 13 N–H and O–H groups in total. The highest BCUT2D eigenvalue weighted by Crippen LogP contribution is 2.39. The van der Waals surface area contributed by atoms with Gasteiger partial charge in [0.25, 0.3) is 0 Å². The molecule has 37 heteroatoms. The van der Waals surface area contributed by atoms with Gasteiger partial charge in [-0.25, -0.2) is 63.8 Å². The number of anilines is 4. The summed E-state index contributed by atoms with van der Waals surface area (Å²) in [7, 11) is -14.2. The zero-order valence-corrected chi connectivity index (χ0v) is 73.1. The van der Waals surface area contributed by atoms with E-state index in [1.54, 1.807) is 160 Å². The summed E-state index contributed by atoms with van der Waals surface area (Å²) in [6.45, 7) is 4.92. The van der Waals surface area contributed by atoms with Crippen LogP contribution in [0.1, 0.15) is 67.9 Å². The standard InChI is InChI=1S/C23H23ClN2O5S.2C22H19ClN2O6S.C21H19ClN2O4S/c1-23(2,28)16-7-5-8-18(13-16)31-20-11-10-17(14-21(20)32(25,29)30)26-22(27)12-15-6-3-4-9-19(15)24;1-30-22(27)16-7-3-5-9-18(16)31-19-11-10-15(13-20(19)32(24,28)29)25-21(26)12-14-6-2-4-8-17(14)23;1-30-22(27)14-6-9-17(10-7-14)31-19-11-8-16(13-20(19)32(24,28)29)25-21(26)12-15-4-2-3-5-18(15)23;1-14-10-17(24-20(25)11-15-6-3-2-4-7-15)13-19(29(23,26)27)21(14)28-18-9-5-8-16(22)12-18/h3-11,13-14,28H,12H2,1-2H3,(H,26,27)(H2,25,29,30);2*2-11,13H,12H2,1H3,(H,25,26)(H2,24,28,29);2-10,12-13H,11H2,1H3,(H,24,25)(H2,23,26,27). The molecule has 0 unspecified atom stereocenters. The van der Waals surface area contributed by atoms with E-state index in [2.05, 4.69) is 26.0 Å². The van der Waals surface area contributed by atoms with Gasteiger partial charge in [-0.3, -0.25) is 19.2 Å². The van der Waals surface area contributed by atoms with Crippen molar-refractivity contribution < 1.29 is 96.0 Å². The first kappa shape index (κ1) is 96.2. The highest BCUT2D eigenvalue weighted by molar-refractivity contribution is 7.90. The van der Waals surface area contributed by atoms with E-state index in [0.29, 0.717) is 70.7 Å². The Morgan fingerprint density at radius 1 is 0.360 bits per heavy atom. The molecule has 0 fully saturated rings. The number of carbonyl (C=O) groups is 6. The van der Waals surface area contributed by atoms with Crippen LogP contribution in [0.5, 0.6) is 46.0 Å². The number of nitrogens with one attached hydrogen (secondary N) is 4. The highest BCUT2D eigenvalue weighted by atomic mass is 35.5. The second kappa shape index (κ2) is 43.2. The Kier molecular flexibility index (Phi) is 33.2. The Balaban J connectivity index is 0.000000189. The van der Waals surface area contributed by atoms with E-state index in [9.17, 15) is 67.5 Å². The van der Waals surface area contributed by atoms with Crippen LogP contribution >= 0.6 is 46.4 Å². The van der Waals surface area contributed by atoms with Crippen LogP contribution in [0.25, 0.3) is 0 Å². The molecule has 125 heavy (non-hydrogen) atoms. The first-order valence-corrected chi connectivity index (χ1v) is 44.5. The molecule has 12 aromatic rings. The average molecular weight is 1860 g/mol. The Morgan fingerprint density at radius 3 is 1.18 bits per heavy atom. The van der Waals surface area contributed by atoms with Crippen LogP contribution in [0.4, 0.5) is 22.7 Å². The van der Waals surface area contributed by atoms with Gasteiger partial charge in [0.2, 0.25) is 63.7 Å². The molecule has 0 aliphatic heterocycles. The van der Waals surface area contributed by atoms with Gasteiger partial charge in [-0.15, -0.1) is 0 Å². The lowest BCUT2D eigenvalue weighted by atomic mass is 9.98. The number of aryl methyl sites for hydroxylation is 1. The zero-order chi connectivity index (χ0) is 91.1. The number of carbonyl (C=O) groups excluding carboxylic acids is 6. The van der Waals surface area contributed by atoms with Gasteiger partial charge in [0, 0.05) is 42.8 Å². The van der Waals surface area contributed by atoms with Crippen LogP contribution in [-0.2, 0) is 100 Å². The smallest absolute Gasteiger partial charge is 0.341 e. The number of methoxy groups -OCH3 is 2. The number of sulfonamides is 4. The molecule has 12 aromatic carbocycles. The number of hydrogen-bond donors (Lipinski definition) is 9. The number of aliphatic hydroxyl groups is 1. The van der Waals surface area contributed by atoms with Crippen molar-refractivity contribution in [3.05, 3.63) is 332 Å². The van der Waals surface area contributed by atoms with Crippen LogP contribution < -0.4 is 60.8 Å². The number of rotatable bonds is 27. The Labute approximate surface area is 740 Å². The van der Waals surface area contributed by atoms with Crippen molar-refractivity contribution in [2.45, 2.75) is 71.6 Å². The van der Waals surface area contributed by atoms with Crippen LogP contribution in [0.2, 0.25) is 20.1 Å². The Morgan fingerprint density at radius 2 is 0.744 bits per heavy atom. The zero-order valence-electron chi connectivity index (χ0n) is 66.8. The molecule has 0 heterocycles. The van der Waals surface area contributed by atoms with Gasteiger partial charge in [-0.1, -0.05) is 162 Å². The predicted molar refractivity (Wildman–Crippen MR) is 475 cm³/mol. The summed E-state index contributed by atoms with van der Waals surface area (Å²) in [4.78, 5) is 71.8. The van der Waals surface area contributed by atoms with Gasteiger partial charge in [0.05, 0.1) is 51.1 Å². The lowest BCUT2D eigenvalue weighted by Crippen LogP contribution is -2.17. The number of primary sulfonamides is 4. The van der Waals surface area contributed by atoms with E-state index in [4.69, 9.17) is 90.6 Å². The fourth-order valence-electron chi connectivity index (χ4n) is 11.5. The molecule has 0 spiro atoms. The van der Waals surface area contributed by atoms with Gasteiger partial charge < -0.3 is 54.8 Å². The van der Waals surface area contributed by atoms with Crippen LogP contribution in [-0.4, -0.2) is 88.6 Å². The molecule has 0 atom stereocenters. The first-order chi connectivity index (χ1) is 59.0. The summed E-state index contributed by atoms with van der Waals surface area (Å²) in [6, 6.07) is 70.3. The summed E-state index contributed by atoms with van der Waals surface area (Å²) in [5, 5.41) is 44.0. The van der Waals surface area contributed by atoms with E-state index >= 15 is 0 Å². The largest absolute Gasteiger partial charge is 0.465 e. The topological polar surface area (TPSA) is 467 Å². The van der Waals surface area contributed by atoms with E-state index in [1.165, 1.54) is 111 Å². The van der Waals surface area contributed by atoms with Crippen LogP contribution in [0.3, 0.4) is 0 Å². The minimum atomic E-state index is -4.23. The number of benzene rings is 12. The van der Waals surface area contributed by atoms with Crippen molar-refractivity contribution in [3.8, 4) is 46.0 Å². The maximum Gasteiger partial charge on any atom is 0.341 e. The minimum Gasteiger partial charge on any atom is -0.465 e. The molecule has 650 valence electrons. The predicted octanol–water partition coefficient (Wildman–Crippen LogP) is 16.0. The molecule has 0 aliphatic rings. The molecule has 0 aliphatic carbocycles. The van der Waals surface area contributed by atoms with Gasteiger partial charge in [0.15, 0.2) is 5.75 Å². The second-order valence-corrected chi connectivity index (χ2v) is 35.2. The monoisotopic (exact) mass is 1850 g/mol. The summed E-state index contributed by atoms with van der Waals surface area (Å²) in [5.41, 5.74) is 4.11. The third-order valence-electron chi connectivity index (χ3n) is 17.4. The normalized spacial score (nSPS) is 11.2. The summed E-state index contributed by atoms with van der Waals surface area (Å²) in [5.74, 6) is -1.64. The number of ether oxygens (including phenoxy) is 6. The number of hydrogen-bond acceptors (Lipinski definition) is 21. The molecule has 0 bridgehead atoms. The maximum atomic E-state index is 12.4. The highest BCUT2D eigenvalue weighted by Gasteiger charge is 2.26. The number of halogens is 4. The molecular formula is C88H80Cl4N8O21S4. The van der Waals surface area contributed by atoms with Crippen molar-refractivity contribution in [2.75, 3.05) is 35.5 Å². The average Bonchev–Trinajstić information content (AvgIpc) is 0.794. The van der Waals surface area contributed by atoms with Crippen molar-refractivity contribution in [3.63, 3.8) is 0 Å². The molecule has 0 saturated carbocycles. The molecule has 0 saturated heterocycles. The van der Waals surface area contributed by atoms with E-state index in [-0.39, 0.29) is 120 Å². The molecule has 0 radical (unpaired) electrons. The summed E-state index contributed by atoms with van der Waals surface area (Å²) in [6.07, 6.45) is 0.183. The van der Waals surface area contributed by atoms with Gasteiger partial charge >= 0.3 is 11.9 Å². The third-order valence-corrected chi connectivity index (χ3v) is 22.4. The van der Waals surface area contributed by atoms with Crippen molar-refractivity contribution in [1.82, 2.24) is 0 Å². The quantitative estimate of drug-likeness (QED) is 0.0216. The second-order valence-electron chi connectivity index (χ2n) is 27.4. The Bertz CT molecular complexity index is 6490. The summed E-state index contributed by atoms with van der Waals surface area (Å²) >= 11 is 24.2. The molecular weight excluding hydrogens is 1780 g/mol. The lowest BCUT2D eigenvalue weighted by Gasteiger charge is -2.19. The summed E-state index contributed by atoms with van der Waals surface area (Å²) < 4.78 is 129. The van der Waals surface area contributed by atoms with Gasteiger partial charge in [0.1, 0.15) is 65.4 Å². The van der Waals surface area contributed by atoms with Crippen LogP contribution in [0.15, 0.2) is 287 Å². The van der Waals surface area contributed by atoms with Gasteiger partial charge in [-0.2, -0.15) is 0 Å². The molecule has 4 amide bonds. The fraction of sp³-hybridized carbons (Fsp3) is 0.114. The minimum absolute atomic E-state index is 0.00482. The van der Waals surface area contributed by atoms with E-state index < -0.39 is 63.5 Å². The molecule has 0 aromatic heterocycles. The maximum absolute atomic E-state index is 12.4. The van der Waals surface area contributed by atoms with Crippen LogP contribution in [0, 0.1) is 6.92 Å². The third kappa shape index (κ3) is 29.0. The lowest BCUT2D eigenvalue weighted by molar-refractivity contribution is -0.116. The van der Waals surface area contributed by atoms with Crippen molar-refractivity contribution in [1.29, 1.82) is 0 Å². The van der Waals surface area contributed by atoms with E-state index in [0.717, 1.165) is 5.56 Å². The number of nitrogens with two attached hydrogens (primary N) is 4. The molecule has 12 rings (SSSR count). The fourth-order valence-corrected chi connectivity index (χ4v) is 15.0.